The van der Waals surface area contributed by atoms with Gasteiger partial charge in [0.1, 0.15) is 5.82 Å². The van der Waals surface area contributed by atoms with E-state index in [1.807, 2.05) is 11.0 Å². The van der Waals surface area contributed by atoms with Gasteiger partial charge in [0, 0.05) is 29.5 Å². The van der Waals surface area contributed by atoms with Gasteiger partial charge in [0.25, 0.3) is 0 Å². The Morgan fingerprint density at radius 3 is 2.73 bits per heavy atom. The van der Waals surface area contributed by atoms with Gasteiger partial charge < -0.3 is 10.6 Å². The minimum absolute atomic E-state index is 0.0164. The number of amides is 1. The van der Waals surface area contributed by atoms with Crippen LogP contribution in [0.1, 0.15) is 50.5 Å². The molecule has 0 aromatic heterocycles. The lowest BCUT2D eigenvalue weighted by atomic mass is 9.80. The lowest BCUT2D eigenvalue weighted by Crippen LogP contribution is -2.39. The van der Waals surface area contributed by atoms with Crippen LogP contribution in [0.15, 0.2) is 18.2 Å². The fourth-order valence-corrected chi connectivity index (χ4v) is 4.85. The van der Waals surface area contributed by atoms with E-state index in [9.17, 15) is 9.18 Å². The maximum atomic E-state index is 14.5. The molecule has 0 radical (unpaired) electrons. The van der Waals surface area contributed by atoms with Gasteiger partial charge in [-0.1, -0.05) is 18.9 Å². The quantitative estimate of drug-likeness (QED) is 0.866. The van der Waals surface area contributed by atoms with Crippen molar-refractivity contribution in [2.45, 2.75) is 56.4 Å². The fraction of sp³-hybridized carbons (Fsp3) is 0.611. The molecule has 2 N–H and O–H groups in total. The van der Waals surface area contributed by atoms with Gasteiger partial charge in [0.15, 0.2) is 0 Å². The Labute approximate surface area is 130 Å². The first-order valence-corrected chi connectivity index (χ1v) is 8.47. The van der Waals surface area contributed by atoms with Gasteiger partial charge >= 0.3 is 0 Å². The Balaban J connectivity index is 1.71. The largest absolute Gasteiger partial charge is 0.328 e. The molecule has 0 saturated heterocycles. The van der Waals surface area contributed by atoms with Crippen LogP contribution in [0.2, 0.25) is 0 Å². The fourth-order valence-electron chi connectivity index (χ4n) is 4.85. The van der Waals surface area contributed by atoms with Crippen molar-refractivity contribution in [1.29, 1.82) is 0 Å². The van der Waals surface area contributed by atoms with Gasteiger partial charge in [-0.15, -0.1) is 0 Å². The van der Waals surface area contributed by atoms with Gasteiger partial charge in [-0.25, -0.2) is 4.39 Å². The summed E-state index contributed by atoms with van der Waals surface area (Å²) in [4.78, 5) is 14.8. The number of halogens is 1. The molecule has 118 valence electrons. The van der Waals surface area contributed by atoms with Crippen LogP contribution in [-0.4, -0.2) is 18.5 Å². The maximum absolute atomic E-state index is 14.5. The van der Waals surface area contributed by atoms with Gasteiger partial charge in [0.05, 0.1) is 5.69 Å². The van der Waals surface area contributed by atoms with Crippen LogP contribution in [0.5, 0.6) is 0 Å². The van der Waals surface area contributed by atoms with E-state index in [4.69, 9.17) is 5.73 Å². The summed E-state index contributed by atoms with van der Waals surface area (Å²) in [5, 5.41) is 0. The van der Waals surface area contributed by atoms with Crippen LogP contribution in [-0.2, 0) is 10.2 Å². The molecule has 1 aromatic rings. The molecule has 0 bridgehead atoms. The molecule has 1 amide bonds. The standard InChI is InChI=1S/C18H23FN2O/c19-14-4-3-5-15-16(14)18(8-1-2-9-18)11-21(15)17(22)12-6-7-13(20)10-12/h3-5,12-13H,1-2,6-11,20H2. The number of nitrogens with two attached hydrogens (primary N) is 1. The molecule has 1 aliphatic heterocycles. The Kier molecular flexibility index (Phi) is 3.26. The van der Waals surface area contributed by atoms with Crippen molar-refractivity contribution in [1.82, 2.24) is 0 Å². The first-order chi connectivity index (χ1) is 10.6. The van der Waals surface area contributed by atoms with Gasteiger partial charge in [-0.05, 0) is 44.2 Å². The van der Waals surface area contributed by atoms with Crippen LogP contribution >= 0.6 is 0 Å². The summed E-state index contributed by atoms with van der Waals surface area (Å²) < 4.78 is 14.5. The van der Waals surface area contributed by atoms with Crippen molar-refractivity contribution in [3.05, 3.63) is 29.6 Å². The zero-order chi connectivity index (χ0) is 15.3. The highest BCUT2D eigenvalue weighted by atomic mass is 19.1. The lowest BCUT2D eigenvalue weighted by molar-refractivity contribution is -0.122. The average molecular weight is 302 g/mol. The second kappa shape index (κ2) is 5.05. The van der Waals surface area contributed by atoms with Gasteiger partial charge in [-0.3, -0.25) is 4.79 Å². The zero-order valence-corrected chi connectivity index (χ0v) is 12.9. The number of rotatable bonds is 1. The summed E-state index contributed by atoms with van der Waals surface area (Å²) in [6, 6.07) is 5.32. The molecule has 2 unspecified atom stereocenters. The minimum atomic E-state index is -0.142. The van der Waals surface area contributed by atoms with E-state index in [-0.39, 0.29) is 29.1 Å². The van der Waals surface area contributed by atoms with Crippen molar-refractivity contribution in [2.24, 2.45) is 11.7 Å². The number of benzene rings is 1. The number of fused-ring (bicyclic) bond motifs is 2. The third-order valence-corrected chi connectivity index (χ3v) is 5.92. The molecule has 4 rings (SSSR count). The summed E-state index contributed by atoms with van der Waals surface area (Å²) in [5.74, 6) is 0.0315. The molecule has 2 saturated carbocycles. The van der Waals surface area contributed by atoms with Crippen LogP contribution in [0.4, 0.5) is 10.1 Å². The molecular weight excluding hydrogens is 279 g/mol. The van der Waals surface area contributed by atoms with E-state index in [0.29, 0.717) is 6.54 Å². The number of anilines is 1. The summed E-state index contributed by atoms with van der Waals surface area (Å²) in [6.45, 7) is 0.661. The second-order valence-electron chi connectivity index (χ2n) is 7.32. The average Bonchev–Trinajstić information content (AvgIpc) is 3.20. The highest BCUT2D eigenvalue weighted by Gasteiger charge is 2.49. The van der Waals surface area contributed by atoms with E-state index in [1.165, 1.54) is 0 Å². The molecule has 2 aliphatic carbocycles. The second-order valence-corrected chi connectivity index (χ2v) is 7.32. The van der Waals surface area contributed by atoms with Gasteiger partial charge in [-0.2, -0.15) is 0 Å². The number of hydrogen-bond donors (Lipinski definition) is 1. The lowest BCUT2D eigenvalue weighted by Gasteiger charge is -2.26. The molecule has 4 heteroatoms. The molecule has 1 spiro atoms. The Hall–Kier alpha value is -1.42. The molecular formula is C18H23FN2O. The number of carbonyl (C=O) groups excluding carboxylic acids is 1. The van der Waals surface area contributed by atoms with Crippen LogP contribution in [0.3, 0.4) is 0 Å². The van der Waals surface area contributed by atoms with Crippen LogP contribution in [0, 0.1) is 11.7 Å². The van der Waals surface area contributed by atoms with E-state index in [1.54, 1.807) is 12.1 Å². The first kappa shape index (κ1) is 14.2. The number of hydrogen-bond acceptors (Lipinski definition) is 2. The van der Waals surface area contributed by atoms with Crippen LogP contribution < -0.4 is 10.6 Å². The smallest absolute Gasteiger partial charge is 0.230 e. The van der Waals surface area contributed by atoms with Crippen molar-refractivity contribution in [2.75, 3.05) is 11.4 Å². The SMILES string of the molecule is NC1CCC(C(=O)N2CC3(CCCC3)c3c(F)cccc32)C1. The van der Waals surface area contributed by atoms with E-state index in [2.05, 4.69) is 0 Å². The zero-order valence-electron chi connectivity index (χ0n) is 12.9. The molecule has 22 heavy (non-hydrogen) atoms. The normalized spacial score (nSPS) is 29.3. The Bertz CT molecular complexity index is 609. The molecule has 3 nitrogen and oxygen atoms in total. The topological polar surface area (TPSA) is 46.3 Å². The predicted molar refractivity (Wildman–Crippen MR) is 84.2 cm³/mol. The number of nitrogens with zero attached hydrogens (tertiary/aromatic N) is 1. The van der Waals surface area contributed by atoms with Gasteiger partial charge in [0.2, 0.25) is 5.91 Å². The highest BCUT2D eigenvalue weighted by Crippen LogP contribution is 2.52. The molecule has 1 heterocycles. The van der Waals surface area contributed by atoms with E-state index >= 15 is 0 Å². The minimum Gasteiger partial charge on any atom is -0.328 e. The third kappa shape index (κ3) is 2.00. The summed E-state index contributed by atoms with van der Waals surface area (Å²) in [6.07, 6.45) is 6.81. The van der Waals surface area contributed by atoms with Crippen molar-refractivity contribution >= 4 is 11.6 Å². The third-order valence-electron chi connectivity index (χ3n) is 5.92. The van der Waals surface area contributed by atoms with Crippen LogP contribution in [0.25, 0.3) is 0 Å². The van der Waals surface area contributed by atoms with E-state index in [0.717, 1.165) is 56.2 Å². The van der Waals surface area contributed by atoms with Crippen molar-refractivity contribution in [3.8, 4) is 0 Å². The number of carbonyl (C=O) groups is 1. The summed E-state index contributed by atoms with van der Waals surface area (Å²) >= 11 is 0. The van der Waals surface area contributed by atoms with Crippen molar-refractivity contribution < 1.29 is 9.18 Å². The molecule has 2 atom stereocenters. The summed E-state index contributed by atoms with van der Waals surface area (Å²) in [5.41, 5.74) is 7.43. The predicted octanol–water partition coefficient (Wildman–Crippen LogP) is 3.11. The summed E-state index contributed by atoms with van der Waals surface area (Å²) in [7, 11) is 0. The maximum Gasteiger partial charge on any atom is 0.230 e. The molecule has 1 aromatic carbocycles. The molecule has 3 aliphatic rings. The monoisotopic (exact) mass is 302 g/mol. The Morgan fingerprint density at radius 1 is 1.27 bits per heavy atom. The van der Waals surface area contributed by atoms with E-state index < -0.39 is 0 Å². The first-order valence-electron chi connectivity index (χ1n) is 8.47. The van der Waals surface area contributed by atoms with Crippen molar-refractivity contribution in [3.63, 3.8) is 0 Å². The molecule has 2 fully saturated rings. The highest BCUT2D eigenvalue weighted by molar-refractivity contribution is 5.98. The Morgan fingerprint density at radius 2 is 2.05 bits per heavy atom.